The fourth-order valence-corrected chi connectivity index (χ4v) is 2.74. The lowest BCUT2D eigenvalue weighted by Crippen LogP contribution is -2.16. The highest BCUT2D eigenvalue weighted by Crippen LogP contribution is 2.28. The van der Waals surface area contributed by atoms with Crippen LogP contribution in [0.5, 0.6) is 0 Å². The Morgan fingerprint density at radius 1 is 1.29 bits per heavy atom. The molecule has 1 aliphatic heterocycles. The number of hydrogen-bond acceptors (Lipinski definition) is 4. The van der Waals surface area contributed by atoms with Gasteiger partial charge in [-0.15, -0.1) is 0 Å². The highest BCUT2D eigenvalue weighted by atomic mass is 16.6. The fourth-order valence-electron chi connectivity index (χ4n) is 2.74. The molecule has 0 spiro atoms. The third-order valence-electron chi connectivity index (χ3n) is 4.25. The molecular formula is C16H24N2O3. The van der Waals surface area contributed by atoms with E-state index in [9.17, 15) is 10.1 Å². The van der Waals surface area contributed by atoms with Gasteiger partial charge in [-0.25, -0.2) is 0 Å². The first kappa shape index (κ1) is 15.8. The van der Waals surface area contributed by atoms with Crippen molar-refractivity contribution in [2.75, 3.05) is 25.1 Å². The van der Waals surface area contributed by atoms with Gasteiger partial charge in [0.2, 0.25) is 0 Å². The van der Waals surface area contributed by atoms with Gasteiger partial charge in [-0.3, -0.25) is 10.1 Å². The van der Waals surface area contributed by atoms with Crippen LogP contribution < -0.4 is 5.32 Å². The van der Waals surface area contributed by atoms with Crippen molar-refractivity contribution >= 4 is 11.4 Å². The molecule has 21 heavy (non-hydrogen) atoms. The average Bonchev–Trinajstić information content (AvgIpc) is 2.47. The molecule has 1 heterocycles. The molecule has 1 N–H and O–H groups in total. The van der Waals surface area contributed by atoms with E-state index in [-0.39, 0.29) is 10.6 Å². The molecule has 5 heteroatoms. The second-order valence-electron chi connectivity index (χ2n) is 5.84. The predicted octanol–water partition coefficient (Wildman–Crippen LogP) is 3.83. The van der Waals surface area contributed by atoms with E-state index in [0.717, 1.165) is 62.5 Å². The van der Waals surface area contributed by atoms with E-state index in [2.05, 4.69) is 5.32 Å². The highest BCUT2D eigenvalue weighted by molar-refractivity contribution is 5.64. The number of rotatable bonds is 6. The molecule has 0 atom stereocenters. The van der Waals surface area contributed by atoms with Crippen molar-refractivity contribution in [1.82, 2.24) is 0 Å². The van der Waals surface area contributed by atoms with Gasteiger partial charge >= 0.3 is 0 Å². The molecule has 0 saturated carbocycles. The molecule has 1 aliphatic rings. The summed E-state index contributed by atoms with van der Waals surface area (Å²) in [4.78, 5) is 10.8. The van der Waals surface area contributed by atoms with Gasteiger partial charge in [-0.2, -0.15) is 0 Å². The summed E-state index contributed by atoms with van der Waals surface area (Å²) < 4.78 is 5.35. The number of hydrogen-bond donors (Lipinski definition) is 1. The number of ether oxygens (including phenoxy) is 1. The maximum Gasteiger partial charge on any atom is 0.292 e. The van der Waals surface area contributed by atoms with Crippen LogP contribution in [-0.2, 0) is 4.74 Å². The molecule has 0 aromatic heterocycles. The summed E-state index contributed by atoms with van der Waals surface area (Å²) >= 11 is 0. The van der Waals surface area contributed by atoms with Crippen molar-refractivity contribution in [3.8, 4) is 0 Å². The van der Waals surface area contributed by atoms with Crippen LogP contribution in [-0.4, -0.2) is 24.7 Å². The quantitative estimate of drug-likeness (QED) is 0.491. The molecule has 0 radical (unpaired) electrons. The van der Waals surface area contributed by atoms with E-state index in [0.29, 0.717) is 5.69 Å². The molecule has 1 aromatic rings. The van der Waals surface area contributed by atoms with Crippen molar-refractivity contribution in [3.63, 3.8) is 0 Å². The van der Waals surface area contributed by atoms with Crippen molar-refractivity contribution in [2.24, 2.45) is 5.92 Å². The monoisotopic (exact) mass is 292 g/mol. The molecule has 1 aromatic carbocycles. The molecule has 2 rings (SSSR count). The molecule has 0 aliphatic carbocycles. The Hall–Kier alpha value is -1.62. The summed E-state index contributed by atoms with van der Waals surface area (Å²) in [5.41, 5.74) is 2.83. The average molecular weight is 292 g/mol. The van der Waals surface area contributed by atoms with Gasteiger partial charge in [0.1, 0.15) is 5.69 Å². The SMILES string of the molecule is Cc1cc(NCCCC2CCOCC2)c([N+](=O)[O-])cc1C. The van der Waals surface area contributed by atoms with Gasteiger partial charge in [-0.05, 0) is 62.6 Å². The third kappa shape index (κ3) is 4.43. The second kappa shape index (κ2) is 7.41. The number of nitrogens with zero attached hydrogens (tertiary/aromatic N) is 1. The summed E-state index contributed by atoms with van der Waals surface area (Å²) in [5.74, 6) is 0.746. The minimum Gasteiger partial charge on any atom is -0.381 e. The van der Waals surface area contributed by atoms with E-state index < -0.39 is 0 Å². The normalized spacial score (nSPS) is 15.9. The van der Waals surface area contributed by atoms with Crippen LogP contribution in [0.15, 0.2) is 12.1 Å². The highest BCUT2D eigenvalue weighted by Gasteiger charge is 2.16. The standard InChI is InChI=1S/C16H24N2O3/c1-12-10-15(16(18(19)20)11-13(12)2)17-7-3-4-14-5-8-21-9-6-14/h10-11,14,17H,3-9H2,1-2H3. The predicted molar refractivity (Wildman–Crippen MR) is 83.8 cm³/mol. The van der Waals surface area contributed by atoms with Gasteiger partial charge in [-0.1, -0.05) is 0 Å². The topological polar surface area (TPSA) is 64.4 Å². The maximum atomic E-state index is 11.1. The van der Waals surface area contributed by atoms with E-state index in [1.807, 2.05) is 19.9 Å². The Morgan fingerprint density at radius 3 is 2.62 bits per heavy atom. The van der Waals surface area contributed by atoms with Crippen molar-refractivity contribution in [1.29, 1.82) is 0 Å². The van der Waals surface area contributed by atoms with Crippen LogP contribution in [0.4, 0.5) is 11.4 Å². The van der Waals surface area contributed by atoms with Gasteiger partial charge < -0.3 is 10.1 Å². The number of aryl methyl sites for hydroxylation is 2. The van der Waals surface area contributed by atoms with Crippen molar-refractivity contribution < 1.29 is 9.66 Å². The van der Waals surface area contributed by atoms with Gasteiger partial charge in [0.05, 0.1) is 4.92 Å². The first-order valence-electron chi connectivity index (χ1n) is 7.65. The van der Waals surface area contributed by atoms with E-state index in [1.54, 1.807) is 6.07 Å². The lowest BCUT2D eigenvalue weighted by molar-refractivity contribution is -0.384. The lowest BCUT2D eigenvalue weighted by Gasteiger charge is -2.21. The van der Waals surface area contributed by atoms with Crippen LogP contribution in [0.25, 0.3) is 0 Å². The van der Waals surface area contributed by atoms with Crippen LogP contribution in [0.3, 0.4) is 0 Å². The molecule has 0 amide bonds. The van der Waals surface area contributed by atoms with E-state index in [4.69, 9.17) is 4.74 Å². The number of nitro benzene ring substituents is 1. The van der Waals surface area contributed by atoms with Crippen LogP contribution in [0.1, 0.15) is 36.8 Å². The zero-order valence-corrected chi connectivity index (χ0v) is 12.9. The smallest absolute Gasteiger partial charge is 0.292 e. The Labute approximate surface area is 125 Å². The Morgan fingerprint density at radius 2 is 1.95 bits per heavy atom. The van der Waals surface area contributed by atoms with Crippen LogP contribution >= 0.6 is 0 Å². The summed E-state index contributed by atoms with van der Waals surface area (Å²) in [6, 6.07) is 3.53. The Kier molecular flexibility index (Phi) is 5.56. The zero-order valence-electron chi connectivity index (χ0n) is 12.9. The number of nitro groups is 1. The summed E-state index contributed by atoms with van der Waals surface area (Å²) in [7, 11) is 0. The van der Waals surface area contributed by atoms with Crippen molar-refractivity contribution in [3.05, 3.63) is 33.4 Å². The first-order valence-corrected chi connectivity index (χ1v) is 7.65. The third-order valence-corrected chi connectivity index (χ3v) is 4.25. The molecule has 1 fully saturated rings. The van der Waals surface area contributed by atoms with Gasteiger partial charge in [0.25, 0.3) is 5.69 Å². The fraction of sp³-hybridized carbons (Fsp3) is 0.625. The van der Waals surface area contributed by atoms with Crippen LogP contribution in [0.2, 0.25) is 0 Å². The molecule has 116 valence electrons. The maximum absolute atomic E-state index is 11.1. The van der Waals surface area contributed by atoms with E-state index in [1.165, 1.54) is 0 Å². The summed E-state index contributed by atoms with van der Waals surface area (Å²) in [6.45, 7) is 6.41. The summed E-state index contributed by atoms with van der Waals surface area (Å²) in [6.07, 6.45) is 4.48. The molecule has 0 bridgehead atoms. The number of benzene rings is 1. The van der Waals surface area contributed by atoms with Gasteiger partial charge in [0.15, 0.2) is 0 Å². The first-order chi connectivity index (χ1) is 10.1. The number of nitrogens with one attached hydrogen (secondary N) is 1. The van der Waals surface area contributed by atoms with Crippen LogP contribution in [0, 0.1) is 29.9 Å². The minimum atomic E-state index is -0.312. The lowest BCUT2D eigenvalue weighted by atomic mass is 9.95. The minimum absolute atomic E-state index is 0.171. The van der Waals surface area contributed by atoms with E-state index >= 15 is 0 Å². The Bertz CT molecular complexity index is 497. The summed E-state index contributed by atoms with van der Waals surface area (Å²) in [5, 5.41) is 14.3. The Balaban J connectivity index is 1.87. The largest absolute Gasteiger partial charge is 0.381 e. The molecular weight excluding hydrogens is 268 g/mol. The molecule has 5 nitrogen and oxygen atoms in total. The van der Waals surface area contributed by atoms with Gasteiger partial charge in [0, 0.05) is 25.8 Å². The van der Waals surface area contributed by atoms with Crippen molar-refractivity contribution in [2.45, 2.75) is 39.5 Å². The number of anilines is 1. The molecule has 1 saturated heterocycles. The molecule has 0 unspecified atom stereocenters. The zero-order chi connectivity index (χ0) is 15.2. The second-order valence-corrected chi connectivity index (χ2v) is 5.84.